The molecular formula is C19H22N2O. The molecule has 114 valence electrons. The highest BCUT2D eigenvalue weighted by molar-refractivity contribution is 5.78. The molecule has 3 aromatic rings. The molecule has 0 radical (unpaired) electrons. The lowest BCUT2D eigenvalue weighted by atomic mass is 10.1. The Morgan fingerprint density at radius 3 is 2.73 bits per heavy atom. The summed E-state index contributed by atoms with van der Waals surface area (Å²) in [6.45, 7) is 5.92. The highest BCUT2D eigenvalue weighted by Gasteiger charge is 2.01. The SMILES string of the molecule is Cc1ccc(OCCCCn2ncc3ccccc32)cc1C. The van der Waals surface area contributed by atoms with Gasteiger partial charge in [0.25, 0.3) is 0 Å². The van der Waals surface area contributed by atoms with Crippen LogP contribution in [0.25, 0.3) is 10.9 Å². The molecule has 1 aromatic heterocycles. The van der Waals surface area contributed by atoms with E-state index in [1.165, 1.54) is 22.0 Å². The molecule has 3 heteroatoms. The highest BCUT2D eigenvalue weighted by Crippen LogP contribution is 2.17. The number of aromatic nitrogens is 2. The van der Waals surface area contributed by atoms with Crippen molar-refractivity contribution in [1.82, 2.24) is 9.78 Å². The van der Waals surface area contributed by atoms with Gasteiger partial charge in [-0.1, -0.05) is 24.3 Å². The average molecular weight is 294 g/mol. The van der Waals surface area contributed by atoms with Crippen molar-refractivity contribution in [2.75, 3.05) is 6.61 Å². The summed E-state index contributed by atoms with van der Waals surface area (Å²) < 4.78 is 7.89. The Bertz CT molecular complexity index is 761. The predicted molar refractivity (Wildman–Crippen MR) is 90.4 cm³/mol. The van der Waals surface area contributed by atoms with Crippen molar-refractivity contribution in [3.8, 4) is 5.75 Å². The van der Waals surface area contributed by atoms with E-state index in [4.69, 9.17) is 4.74 Å². The van der Waals surface area contributed by atoms with E-state index in [1.807, 2.05) is 18.3 Å². The summed E-state index contributed by atoms with van der Waals surface area (Å²) in [6, 6.07) is 14.6. The zero-order chi connectivity index (χ0) is 15.4. The molecule has 0 saturated carbocycles. The van der Waals surface area contributed by atoms with E-state index >= 15 is 0 Å². The van der Waals surface area contributed by atoms with Gasteiger partial charge >= 0.3 is 0 Å². The molecule has 0 saturated heterocycles. The van der Waals surface area contributed by atoms with Crippen molar-refractivity contribution in [2.45, 2.75) is 33.2 Å². The third-order valence-electron chi connectivity index (χ3n) is 4.06. The molecule has 0 aliphatic carbocycles. The number of fused-ring (bicyclic) bond motifs is 1. The molecule has 0 aliphatic heterocycles. The molecule has 0 aliphatic rings. The lowest BCUT2D eigenvalue weighted by Gasteiger charge is -2.08. The summed E-state index contributed by atoms with van der Waals surface area (Å²) in [7, 11) is 0. The lowest BCUT2D eigenvalue weighted by molar-refractivity contribution is 0.302. The van der Waals surface area contributed by atoms with E-state index in [0.717, 1.165) is 31.7 Å². The normalized spacial score (nSPS) is 11.0. The van der Waals surface area contributed by atoms with Crippen LogP contribution in [0, 0.1) is 13.8 Å². The highest BCUT2D eigenvalue weighted by atomic mass is 16.5. The van der Waals surface area contributed by atoms with Gasteiger partial charge in [-0.25, -0.2) is 0 Å². The maximum Gasteiger partial charge on any atom is 0.119 e. The van der Waals surface area contributed by atoms with Gasteiger partial charge in [0, 0.05) is 11.9 Å². The summed E-state index contributed by atoms with van der Waals surface area (Å²) >= 11 is 0. The first-order valence-electron chi connectivity index (χ1n) is 7.84. The van der Waals surface area contributed by atoms with Crippen molar-refractivity contribution >= 4 is 10.9 Å². The van der Waals surface area contributed by atoms with Gasteiger partial charge in [0.1, 0.15) is 5.75 Å². The zero-order valence-electron chi connectivity index (χ0n) is 13.2. The van der Waals surface area contributed by atoms with Crippen LogP contribution in [0.4, 0.5) is 0 Å². The van der Waals surface area contributed by atoms with E-state index in [-0.39, 0.29) is 0 Å². The Labute approximate surface area is 131 Å². The van der Waals surface area contributed by atoms with E-state index in [2.05, 4.69) is 54.0 Å². The van der Waals surface area contributed by atoms with Gasteiger partial charge in [0.15, 0.2) is 0 Å². The molecule has 3 nitrogen and oxygen atoms in total. The first kappa shape index (κ1) is 14.6. The number of aryl methyl sites for hydroxylation is 3. The Kier molecular flexibility index (Phi) is 4.42. The van der Waals surface area contributed by atoms with Crippen molar-refractivity contribution in [3.05, 3.63) is 59.8 Å². The first-order valence-corrected chi connectivity index (χ1v) is 7.84. The Hall–Kier alpha value is -2.29. The maximum absolute atomic E-state index is 5.82. The van der Waals surface area contributed by atoms with Gasteiger partial charge in [-0.05, 0) is 56.0 Å². The third-order valence-corrected chi connectivity index (χ3v) is 4.06. The number of ether oxygens (including phenoxy) is 1. The fraction of sp³-hybridized carbons (Fsp3) is 0.316. The minimum atomic E-state index is 0.752. The second-order valence-electron chi connectivity index (χ2n) is 5.73. The number of hydrogen-bond donors (Lipinski definition) is 0. The number of rotatable bonds is 6. The van der Waals surface area contributed by atoms with Crippen molar-refractivity contribution < 1.29 is 4.74 Å². The number of unbranched alkanes of at least 4 members (excludes halogenated alkanes) is 1. The summed E-state index contributed by atoms with van der Waals surface area (Å²) in [6.07, 6.45) is 4.03. The van der Waals surface area contributed by atoms with Crippen LogP contribution in [-0.4, -0.2) is 16.4 Å². The molecule has 0 N–H and O–H groups in total. The van der Waals surface area contributed by atoms with Gasteiger partial charge in [-0.2, -0.15) is 5.10 Å². The van der Waals surface area contributed by atoms with Crippen LogP contribution < -0.4 is 4.74 Å². The predicted octanol–water partition coefficient (Wildman–Crippen LogP) is 4.51. The summed E-state index contributed by atoms with van der Waals surface area (Å²) in [5, 5.41) is 5.65. The Morgan fingerprint density at radius 2 is 1.86 bits per heavy atom. The van der Waals surface area contributed by atoms with E-state index in [9.17, 15) is 0 Å². The van der Waals surface area contributed by atoms with Crippen LogP contribution in [0.1, 0.15) is 24.0 Å². The second-order valence-corrected chi connectivity index (χ2v) is 5.73. The minimum Gasteiger partial charge on any atom is -0.494 e. The zero-order valence-corrected chi connectivity index (χ0v) is 13.2. The molecule has 22 heavy (non-hydrogen) atoms. The lowest BCUT2D eigenvalue weighted by Crippen LogP contribution is -2.03. The van der Waals surface area contributed by atoms with Gasteiger partial charge in [-0.15, -0.1) is 0 Å². The van der Waals surface area contributed by atoms with Gasteiger partial charge < -0.3 is 4.74 Å². The molecule has 3 rings (SSSR count). The molecular weight excluding hydrogens is 272 g/mol. The van der Waals surface area contributed by atoms with Crippen LogP contribution in [-0.2, 0) is 6.54 Å². The van der Waals surface area contributed by atoms with Gasteiger partial charge in [0.05, 0.1) is 18.3 Å². The Morgan fingerprint density at radius 1 is 1.00 bits per heavy atom. The molecule has 1 heterocycles. The molecule has 2 aromatic carbocycles. The van der Waals surface area contributed by atoms with Crippen LogP contribution in [0.5, 0.6) is 5.75 Å². The number of nitrogens with zero attached hydrogens (tertiary/aromatic N) is 2. The largest absolute Gasteiger partial charge is 0.494 e. The third kappa shape index (κ3) is 3.30. The van der Waals surface area contributed by atoms with E-state index in [0.29, 0.717) is 0 Å². The fourth-order valence-electron chi connectivity index (χ4n) is 2.56. The monoisotopic (exact) mass is 294 g/mol. The van der Waals surface area contributed by atoms with Crippen molar-refractivity contribution in [3.63, 3.8) is 0 Å². The summed E-state index contributed by atoms with van der Waals surface area (Å²) in [5.41, 5.74) is 3.79. The number of hydrogen-bond acceptors (Lipinski definition) is 2. The number of para-hydroxylation sites is 1. The summed E-state index contributed by atoms with van der Waals surface area (Å²) in [4.78, 5) is 0. The van der Waals surface area contributed by atoms with E-state index < -0.39 is 0 Å². The fourth-order valence-corrected chi connectivity index (χ4v) is 2.56. The maximum atomic E-state index is 5.82. The standard InChI is InChI=1S/C19H22N2O/c1-15-9-10-18(13-16(15)2)22-12-6-5-11-21-19-8-4-3-7-17(19)14-20-21/h3-4,7-10,13-14H,5-6,11-12H2,1-2H3. The Balaban J connectivity index is 1.46. The van der Waals surface area contributed by atoms with Crippen LogP contribution in [0.3, 0.4) is 0 Å². The minimum absolute atomic E-state index is 0.752. The van der Waals surface area contributed by atoms with Crippen molar-refractivity contribution in [1.29, 1.82) is 0 Å². The molecule has 0 unspecified atom stereocenters. The van der Waals surface area contributed by atoms with Crippen LogP contribution >= 0.6 is 0 Å². The summed E-state index contributed by atoms with van der Waals surface area (Å²) in [5.74, 6) is 0.965. The molecule has 0 spiro atoms. The average Bonchev–Trinajstić information content (AvgIpc) is 2.94. The quantitative estimate of drug-likeness (QED) is 0.625. The molecule has 0 atom stereocenters. The van der Waals surface area contributed by atoms with E-state index in [1.54, 1.807) is 0 Å². The first-order chi connectivity index (χ1) is 10.7. The van der Waals surface area contributed by atoms with Crippen LogP contribution in [0.15, 0.2) is 48.7 Å². The van der Waals surface area contributed by atoms with Crippen LogP contribution in [0.2, 0.25) is 0 Å². The molecule has 0 bridgehead atoms. The van der Waals surface area contributed by atoms with Crippen molar-refractivity contribution in [2.24, 2.45) is 0 Å². The number of benzene rings is 2. The molecule has 0 fully saturated rings. The van der Waals surface area contributed by atoms with Gasteiger partial charge in [0.2, 0.25) is 0 Å². The smallest absolute Gasteiger partial charge is 0.119 e. The van der Waals surface area contributed by atoms with Gasteiger partial charge in [-0.3, -0.25) is 4.68 Å². The molecule has 0 amide bonds. The second kappa shape index (κ2) is 6.65. The topological polar surface area (TPSA) is 27.1 Å².